The van der Waals surface area contributed by atoms with Gasteiger partial charge in [-0.25, -0.2) is 0 Å². The summed E-state index contributed by atoms with van der Waals surface area (Å²) in [5.74, 6) is 1.87. The van der Waals surface area contributed by atoms with Gasteiger partial charge in [0.2, 0.25) is 0 Å². The smallest absolute Gasteiger partial charge is 0.264 e. The summed E-state index contributed by atoms with van der Waals surface area (Å²) in [6, 6.07) is 20.3. The van der Waals surface area contributed by atoms with Crippen LogP contribution in [0.1, 0.15) is 17.3 Å². The molecule has 4 aromatic rings. The Morgan fingerprint density at radius 1 is 0.971 bits per heavy atom. The van der Waals surface area contributed by atoms with E-state index in [2.05, 4.69) is 57.3 Å². The molecule has 0 spiro atoms. The molecule has 10 heteroatoms. The number of anilines is 1. The van der Waals surface area contributed by atoms with Crippen LogP contribution in [-0.4, -0.2) is 53.7 Å². The van der Waals surface area contributed by atoms with E-state index in [1.807, 2.05) is 30.3 Å². The van der Waals surface area contributed by atoms with E-state index in [1.54, 1.807) is 0 Å². The molecule has 5 rings (SSSR count). The first kappa shape index (κ1) is 28.7. The van der Waals surface area contributed by atoms with E-state index in [9.17, 15) is 0 Å². The second kappa shape index (κ2) is 13.0. The molecule has 1 aliphatic rings. The van der Waals surface area contributed by atoms with Crippen molar-refractivity contribution in [1.82, 2.24) is 15.0 Å². The van der Waals surface area contributed by atoms with Crippen LogP contribution in [0.25, 0.3) is 10.8 Å². The van der Waals surface area contributed by atoms with Gasteiger partial charge in [0.25, 0.3) is 5.89 Å². The standard InChI is InChI=1S/C25H25ClN4O2.2ClH.H2O/c1-29-11-13-30(14-12-29)23-4-2-3-19-7-10-21(16-22(19)23)31-17-25-27-24(28-32-25)15-18-5-8-20(26)9-6-18;;;/h2-10,16H,11-15,17H2,1H3;2*1H;1H2. The summed E-state index contributed by atoms with van der Waals surface area (Å²) in [5, 5.41) is 7.18. The molecule has 188 valence electrons. The zero-order chi connectivity index (χ0) is 21.9. The molecule has 0 amide bonds. The Labute approximate surface area is 222 Å². The second-order valence-corrected chi connectivity index (χ2v) is 8.58. The Morgan fingerprint density at radius 3 is 2.46 bits per heavy atom. The summed E-state index contributed by atoms with van der Waals surface area (Å²) < 4.78 is 11.4. The number of hydrogen-bond donors (Lipinski definition) is 0. The fourth-order valence-electron chi connectivity index (χ4n) is 4.00. The Kier molecular flexibility index (Phi) is 10.6. The monoisotopic (exact) mass is 538 g/mol. The first-order valence-electron chi connectivity index (χ1n) is 10.8. The molecule has 1 aromatic heterocycles. The predicted molar refractivity (Wildman–Crippen MR) is 145 cm³/mol. The Morgan fingerprint density at radius 2 is 1.71 bits per heavy atom. The molecule has 0 atom stereocenters. The van der Waals surface area contributed by atoms with E-state index in [0.29, 0.717) is 23.2 Å². The Hall–Kier alpha value is -2.55. The number of ether oxygens (including phenoxy) is 1. The molecule has 0 unspecified atom stereocenters. The summed E-state index contributed by atoms with van der Waals surface area (Å²) in [4.78, 5) is 9.27. The third-order valence-electron chi connectivity index (χ3n) is 5.82. The van der Waals surface area contributed by atoms with Crippen LogP contribution in [0.3, 0.4) is 0 Å². The third-order valence-corrected chi connectivity index (χ3v) is 6.07. The second-order valence-electron chi connectivity index (χ2n) is 8.15. The molecule has 1 saturated heterocycles. The highest BCUT2D eigenvalue weighted by molar-refractivity contribution is 6.30. The molecule has 2 N–H and O–H groups in total. The number of benzene rings is 3. The molecule has 35 heavy (non-hydrogen) atoms. The van der Waals surface area contributed by atoms with Crippen LogP contribution in [0.4, 0.5) is 5.69 Å². The van der Waals surface area contributed by atoms with E-state index >= 15 is 0 Å². The van der Waals surface area contributed by atoms with Crippen molar-refractivity contribution in [3.63, 3.8) is 0 Å². The van der Waals surface area contributed by atoms with Gasteiger partial charge in [0.15, 0.2) is 12.4 Å². The molecule has 3 aromatic carbocycles. The number of fused-ring (bicyclic) bond motifs is 1. The predicted octanol–water partition coefficient (Wildman–Crippen LogP) is 4.82. The van der Waals surface area contributed by atoms with E-state index in [0.717, 1.165) is 37.5 Å². The van der Waals surface area contributed by atoms with Crippen molar-refractivity contribution in [1.29, 1.82) is 0 Å². The summed E-state index contributed by atoms with van der Waals surface area (Å²) >= 11 is 5.94. The van der Waals surface area contributed by atoms with Crippen molar-refractivity contribution in [3.05, 3.63) is 83.0 Å². The van der Waals surface area contributed by atoms with E-state index in [1.165, 1.54) is 16.5 Å². The minimum atomic E-state index is 0. The molecule has 0 radical (unpaired) electrons. The number of aromatic nitrogens is 2. The van der Waals surface area contributed by atoms with Crippen molar-refractivity contribution in [2.75, 3.05) is 38.1 Å². The van der Waals surface area contributed by atoms with Gasteiger partial charge in [-0.2, -0.15) is 4.98 Å². The van der Waals surface area contributed by atoms with Gasteiger partial charge in [-0.3, -0.25) is 0 Å². The maximum absolute atomic E-state index is 6.00. The highest BCUT2D eigenvalue weighted by atomic mass is 35.5. The van der Waals surface area contributed by atoms with Gasteiger partial charge in [0.1, 0.15) is 5.75 Å². The van der Waals surface area contributed by atoms with Crippen LogP contribution in [0.5, 0.6) is 5.75 Å². The summed E-state index contributed by atoms with van der Waals surface area (Å²) in [5.41, 5.74) is 2.33. The highest BCUT2D eigenvalue weighted by Gasteiger charge is 2.16. The lowest BCUT2D eigenvalue weighted by molar-refractivity contribution is 0.242. The Balaban J connectivity index is 0.00000144. The van der Waals surface area contributed by atoms with Crippen LogP contribution in [0.2, 0.25) is 5.02 Å². The van der Waals surface area contributed by atoms with Gasteiger partial charge in [0, 0.05) is 48.7 Å². The molecule has 1 fully saturated rings. The van der Waals surface area contributed by atoms with Crippen molar-refractivity contribution < 1.29 is 14.7 Å². The minimum Gasteiger partial charge on any atom is -0.484 e. The summed E-state index contributed by atoms with van der Waals surface area (Å²) in [6.45, 7) is 4.43. The fraction of sp³-hybridized carbons (Fsp3) is 0.280. The first-order valence-corrected chi connectivity index (χ1v) is 11.2. The summed E-state index contributed by atoms with van der Waals surface area (Å²) in [7, 11) is 2.17. The van der Waals surface area contributed by atoms with Gasteiger partial charge < -0.3 is 24.5 Å². The third kappa shape index (κ3) is 6.99. The molecule has 2 heterocycles. The van der Waals surface area contributed by atoms with Crippen molar-refractivity contribution in [2.45, 2.75) is 13.0 Å². The quantitative estimate of drug-likeness (QED) is 0.349. The van der Waals surface area contributed by atoms with E-state index < -0.39 is 0 Å². The van der Waals surface area contributed by atoms with Crippen LogP contribution in [0.15, 0.2) is 65.2 Å². The van der Waals surface area contributed by atoms with Gasteiger partial charge in [-0.15, -0.1) is 24.8 Å². The van der Waals surface area contributed by atoms with E-state index in [-0.39, 0.29) is 36.9 Å². The maximum atomic E-state index is 6.00. The highest BCUT2D eigenvalue weighted by Crippen LogP contribution is 2.31. The van der Waals surface area contributed by atoms with Crippen LogP contribution in [-0.2, 0) is 13.0 Å². The topological polar surface area (TPSA) is 86.1 Å². The van der Waals surface area contributed by atoms with Crippen LogP contribution < -0.4 is 9.64 Å². The lowest BCUT2D eigenvalue weighted by Gasteiger charge is -2.34. The van der Waals surface area contributed by atoms with Crippen molar-refractivity contribution in [3.8, 4) is 5.75 Å². The normalized spacial score (nSPS) is 13.5. The number of halogens is 3. The summed E-state index contributed by atoms with van der Waals surface area (Å²) in [6.07, 6.45) is 0.588. The van der Waals surface area contributed by atoms with Gasteiger partial charge in [-0.1, -0.05) is 47.1 Å². The number of hydrogen-bond acceptors (Lipinski definition) is 6. The molecule has 0 bridgehead atoms. The van der Waals surface area contributed by atoms with Gasteiger partial charge in [0.05, 0.1) is 0 Å². The molecular formula is C25H29Cl3N4O3. The van der Waals surface area contributed by atoms with Crippen molar-refractivity contribution in [2.24, 2.45) is 0 Å². The van der Waals surface area contributed by atoms with Gasteiger partial charge in [-0.05, 0) is 48.3 Å². The van der Waals surface area contributed by atoms with E-state index in [4.69, 9.17) is 20.9 Å². The number of piperazine rings is 1. The number of likely N-dealkylation sites (N-methyl/N-ethyl adjacent to an activating group) is 1. The lowest BCUT2D eigenvalue weighted by Crippen LogP contribution is -2.44. The Bertz CT molecular complexity index is 1210. The zero-order valence-electron chi connectivity index (χ0n) is 19.3. The molecule has 7 nitrogen and oxygen atoms in total. The SMILES string of the molecule is CN1CCN(c2cccc3ccc(OCc4nc(Cc5ccc(Cl)cc5)no4)cc23)CC1.Cl.Cl.O. The largest absolute Gasteiger partial charge is 0.484 e. The first-order chi connectivity index (χ1) is 15.6. The maximum Gasteiger partial charge on any atom is 0.264 e. The molecule has 0 saturated carbocycles. The molecule has 1 aliphatic heterocycles. The average Bonchev–Trinajstić information content (AvgIpc) is 3.26. The molecular weight excluding hydrogens is 511 g/mol. The fourth-order valence-corrected chi connectivity index (χ4v) is 4.12. The lowest BCUT2D eigenvalue weighted by atomic mass is 10.1. The molecule has 0 aliphatic carbocycles. The number of nitrogens with zero attached hydrogens (tertiary/aromatic N) is 4. The van der Waals surface area contributed by atoms with Crippen LogP contribution >= 0.6 is 36.4 Å². The minimum absolute atomic E-state index is 0. The van der Waals surface area contributed by atoms with Gasteiger partial charge >= 0.3 is 0 Å². The number of rotatable bonds is 6. The van der Waals surface area contributed by atoms with Crippen molar-refractivity contribution >= 4 is 52.9 Å². The van der Waals surface area contributed by atoms with Crippen LogP contribution in [0, 0.1) is 0 Å². The average molecular weight is 540 g/mol. The zero-order valence-corrected chi connectivity index (χ0v) is 21.7.